The van der Waals surface area contributed by atoms with Gasteiger partial charge in [0.1, 0.15) is 6.04 Å². The molecule has 23 heavy (non-hydrogen) atoms. The van der Waals surface area contributed by atoms with Gasteiger partial charge in [0.05, 0.1) is 6.54 Å². The van der Waals surface area contributed by atoms with Crippen molar-refractivity contribution in [1.29, 1.82) is 5.26 Å². The summed E-state index contributed by atoms with van der Waals surface area (Å²) in [7, 11) is 0. The number of carbonyl (C=O) groups excluding carboxylic acids is 1. The monoisotopic (exact) mass is 314 g/mol. The largest absolute Gasteiger partial charge is 0.373 e. The first kappa shape index (κ1) is 17.1. The van der Waals surface area contributed by atoms with Crippen LogP contribution >= 0.6 is 0 Å². The van der Waals surface area contributed by atoms with Crippen LogP contribution in [0.2, 0.25) is 0 Å². The molecule has 1 amide bonds. The van der Waals surface area contributed by atoms with E-state index >= 15 is 0 Å². The van der Waals surface area contributed by atoms with E-state index in [9.17, 15) is 10.1 Å². The smallest absolute Gasteiger partial charge is 0.264 e. The van der Waals surface area contributed by atoms with Gasteiger partial charge in [-0.3, -0.25) is 4.79 Å². The van der Waals surface area contributed by atoms with Crippen molar-refractivity contribution in [2.24, 2.45) is 5.92 Å². The highest BCUT2D eigenvalue weighted by Gasteiger charge is 2.32. The molecule has 0 spiro atoms. The fraction of sp³-hybridized carbons (Fsp3) is 0.556. The Bertz CT molecular complexity index is 563. The van der Waals surface area contributed by atoms with E-state index in [4.69, 9.17) is 0 Å². The van der Waals surface area contributed by atoms with E-state index in [1.54, 1.807) is 5.01 Å². The molecule has 2 rings (SSSR count). The maximum atomic E-state index is 13.0. The Hall–Kier alpha value is -2.22. The van der Waals surface area contributed by atoms with E-state index in [1.807, 2.05) is 31.2 Å². The zero-order valence-corrected chi connectivity index (χ0v) is 14.2. The number of nitrogens with zero attached hydrogens (tertiary/aromatic N) is 3. The number of rotatable bonds is 5. The van der Waals surface area contributed by atoms with Gasteiger partial charge < -0.3 is 5.32 Å². The Morgan fingerprint density at radius 1 is 1.30 bits per heavy atom. The summed E-state index contributed by atoms with van der Waals surface area (Å²) in [5.74, 6) is 0.174. The summed E-state index contributed by atoms with van der Waals surface area (Å²) in [6, 6.07) is 7.73. The second-order valence-corrected chi connectivity index (χ2v) is 6.27. The molecule has 1 aliphatic rings. The molecule has 1 N–H and O–H groups in total. The van der Waals surface area contributed by atoms with E-state index in [2.05, 4.69) is 25.4 Å². The highest BCUT2D eigenvalue weighted by Crippen LogP contribution is 2.20. The van der Waals surface area contributed by atoms with Crippen LogP contribution < -0.4 is 5.32 Å². The zero-order chi connectivity index (χ0) is 16.8. The van der Waals surface area contributed by atoms with Gasteiger partial charge in [-0.25, -0.2) is 10.0 Å². The fourth-order valence-corrected chi connectivity index (χ4v) is 2.77. The van der Waals surface area contributed by atoms with Gasteiger partial charge in [0.25, 0.3) is 5.91 Å². The lowest BCUT2D eigenvalue weighted by atomic mass is 9.97. The van der Waals surface area contributed by atoms with Gasteiger partial charge in [-0.05, 0) is 37.8 Å². The van der Waals surface area contributed by atoms with Crippen molar-refractivity contribution in [2.75, 3.05) is 18.4 Å². The normalized spacial score (nSPS) is 17.3. The highest BCUT2D eigenvalue weighted by molar-refractivity contribution is 5.85. The van der Waals surface area contributed by atoms with Gasteiger partial charge in [0, 0.05) is 12.2 Å². The average Bonchev–Trinajstić information content (AvgIpc) is 2.60. The van der Waals surface area contributed by atoms with Crippen molar-refractivity contribution in [1.82, 2.24) is 10.0 Å². The van der Waals surface area contributed by atoms with Crippen LogP contribution in [0.25, 0.3) is 0 Å². The molecule has 0 aromatic heterocycles. The number of hydrogen-bond donors (Lipinski definition) is 1. The Morgan fingerprint density at radius 2 is 1.96 bits per heavy atom. The molecule has 1 fully saturated rings. The maximum absolute atomic E-state index is 13.0. The second kappa shape index (κ2) is 7.87. The number of benzene rings is 1. The molecule has 1 heterocycles. The van der Waals surface area contributed by atoms with Crippen molar-refractivity contribution in [3.05, 3.63) is 29.8 Å². The summed E-state index contributed by atoms with van der Waals surface area (Å²) in [4.78, 5) is 13.0. The second-order valence-electron chi connectivity index (χ2n) is 6.27. The van der Waals surface area contributed by atoms with Crippen molar-refractivity contribution in [3.63, 3.8) is 0 Å². The maximum Gasteiger partial charge on any atom is 0.264 e. The van der Waals surface area contributed by atoms with Crippen LogP contribution in [0.3, 0.4) is 0 Å². The number of amides is 1. The molecule has 0 saturated carbocycles. The number of aryl methyl sites for hydroxylation is 1. The average molecular weight is 314 g/mol. The van der Waals surface area contributed by atoms with Gasteiger partial charge >= 0.3 is 0 Å². The van der Waals surface area contributed by atoms with Gasteiger partial charge in [0.15, 0.2) is 6.19 Å². The van der Waals surface area contributed by atoms with Crippen molar-refractivity contribution in [2.45, 2.75) is 46.1 Å². The summed E-state index contributed by atoms with van der Waals surface area (Å²) in [5, 5.41) is 15.8. The quantitative estimate of drug-likeness (QED) is 0.848. The molecular formula is C18H26N4O. The van der Waals surface area contributed by atoms with Crippen molar-refractivity contribution < 1.29 is 4.79 Å². The van der Waals surface area contributed by atoms with Gasteiger partial charge in [-0.15, -0.1) is 0 Å². The summed E-state index contributed by atoms with van der Waals surface area (Å²) in [6.45, 7) is 7.44. The van der Waals surface area contributed by atoms with Gasteiger partial charge in [-0.1, -0.05) is 38.0 Å². The van der Waals surface area contributed by atoms with E-state index < -0.39 is 0 Å². The lowest BCUT2D eigenvalue weighted by Crippen LogP contribution is -2.54. The molecule has 2 unspecified atom stereocenters. The minimum absolute atomic E-state index is 0.0128. The van der Waals surface area contributed by atoms with Crippen LogP contribution in [0, 0.1) is 24.3 Å². The topological polar surface area (TPSA) is 59.4 Å². The predicted molar refractivity (Wildman–Crippen MR) is 91.3 cm³/mol. The Morgan fingerprint density at radius 3 is 2.57 bits per heavy atom. The minimum atomic E-state index is -0.323. The molecule has 5 nitrogen and oxygen atoms in total. The standard InChI is InChI=1S/C18H26N4O/c1-4-15(3)17(20-16-9-7-14(2)8-10-16)18(23)22-12-6-5-11-21(22)13-19/h7-10,15,17,20H,4-6,11-12H2,1-3H3. The van der Waals surface area contributed by atoms with Crippen LogP contribution in [-0.2, 0) is 4.79 Å². The fourth-order valence-electron chi connectivity index (χ4n) is 2.77. The van der Waals surface area contributed by atoms with Crippen molar-refractivity contribution >= 4 is 11.6 Å². The van der Waals surface area contributed by atoms with Crippen LogP contribution in [0.15, 0.2) is 24.3 Å². The molecule has 124 valence electrons. The number of hydrazine groups is 1. The number of anilines is 1. The minimum Gasteiger partial charge on any atom is -0.373 e. The molecule has 2 atom stereocenters. The van der Waals surface area contributed by atoms with Crippen LogP contribution in [0.1, 0.15) is 38.7 Å². The predicted octanol–water partition coefficient (Wildman–Crippen LogP) is 3.14. The summed E-state index contributed by atoms with van der Waals surface area (Å²) >= 11 is 0. The van der Waals surface area contributed by atoms with E-state index in [-0.39, 0.29) is 17.9 Å². The molecule has 0 radical (unpaired) electrons. The number of hydrogen-bond acceptors (Lipinski definition) is 4. The molecule has 0 bridgehead atoms. The molecular weight excluding hydrogens is 288 g/mol. The number of carbonyl (C=O) groups is 1. The lowest BCUT2D eigenvalue weighted by Gasteiger charge is -2.38. The van der Waals surface area contributed by atoms with Crippen molar-refractivity contribution in [3.8, 4) is 6.19 Å². The third-order valence-electron chi connectivity index (χ3n) is 4.50. The molecule has 1 aliphatic heterocycles. The number of nitrogens with one attached hydrogen (secondary N) is 1. The van der Waals surface area contributed by atoms with Crippen LogP contribution in [-0.4, -0.2) is 35.1 Å². The highest BCUT2D eigenvalue weighted by atomic mass is 16.2. The molecule has 1 saturated heterocycles. The zero-order valence-electron chi connectivity index (χ0n) is 14.2. The van der Waals surface area contributed by atoms with Gasteiger partial charge in [-0.2, -0.15) is 5.26 Å². The Balaban J connectivity index is 2.18. The van der Waals surface area contributed by atoms with Crippen LogP contribution in [0.5, 0.6) is 0 Å². The van der Waals surface area contributed by atoms with E-state index in [1.165, 1.54) is 10.6 Å². The third kappa shape index (κ3) is 4.16. The van der Waals surface area contributed by atoms with Gasteiger partial charge in [0.2, 0.25) is 0 Å². The first-order valence-corrected chi connectivity index (χ1v) is 8.38. The van der Waals surface area contributed by atoms with Crippen LogP contribution in [0.4, 0.5) is 5.69 Å². The summed E-state index contributed by atoms with van der Waals surface area (Å²) < 4.78 is 0. The summed E-state index contributed by atoms with van der Waals surface area (Å²) in [6.07, 6.45) is 4.93. The molecule has 1 aromatic rings. The number of nitriles is 1. The Kier molecular flexibility index (Phi) is 5.86. The molecule has 0 aliphatic carbocycles. The lowest BCUT2D eigenvalue weighted by molar-refractivity contribution is -0.148. The van der Waals surface area contributed by atoms with E-state index in [0.717, 1.165) is 24.9 Å². The Labute approximate surface area is 138 Å². The SMILES string of the molecule is CCC(C)C(Nc1ccc(C)cc1)C(=O)N1CCCCN1C#N. The van der Waals surface area contributed by atoms with E-state index in [0.29, 0.717) is 13.1 Å². The first-order valence-electron chi connectivity index (χ1n) is 8.38. The third-order valence-corrected chi connectivity index (χ3v) is 4.50. The summed E-state index contributed by atoms with van der Waals surface area (Å²) in [5.41, 5.74) is 2.13. The first-order chi connectivity index (χ1) is 11.1. The molecule has 5 heteroatoms. The molecule has 1 aromatic carbocycles.